The van der Waals surface area contributed by atoms with Crippen LogP contribution in [0.5, 0.6) is 0 Å². The molecular formula is C57H115N2O6P. The average Bonchev–Trinajstić information content (AvgIpc) is 3.28. The summed E-state index contributed by atoms with van der Waals surface area (Å²) >= 11 is 0. The number of nitrogens with one attached hydrogen (secondary N) is 1. The van der Waals surface area contributed by atoms with Crippen LogP contribution in [-0.4, -0.2) is 68.5 Å². The molecule has 0 saturated heterocycles. The van der Waals surface area contributed by atoms with E-state index in [-0.39, 0.29) is 19.1 Å². The van der Waals surface area contributed by atoms with E-state index >= 15 is 0 Å². The van der Waals surface area contributed by atoms with Gasteiger partial charge in [0.1, 0.15) is 13.2 Å². The van der Waals surface area contributed by atoms with Crippen LogP contribution in [0, 0.1) is 0 Å². The predicted octanol–water partition coefficient (Wildman–Crippen LogP) is 16.8. The molecule has 0 rings (SSSR count). The Kier molecular flexibility index (Phi) is 48.7. The number of hydrogen-bond donors (Lipinski definition) is 2. The van der Waals surface area contributed by atoms with Gasteiger partial charge in [0.15, 0.2) is 0 Å². The molecule has 66 heavy (non-hydrogen) atoms. The molecule has 3 unspecified atom stereocenters. The lowest BCUT2D eigenvalue weighted by Crippen LogP contribution is -2.45. The molecule has 0 radical (unpaired) electrons. The Balaban J connectivity index is 4.10. The normalized spacial score (nSPS) is 14.0. The number of aliphatic hydroxyl groups is 1. The third kappa shape index (κ3) is 51.1. The van der Waals surface area contributed by atoms with Crippen molar-refractivity contribution in [2.24, 2.45) is 0 Å². The lowest BCUT2D eigenvalue weighted by molar-refractivity contribution is -0.870. The Bertz CT molecular complexity index is 1080. The van der Waals surface area contributed by atoms with Gasteiger partial charge in [-0.15, -0.1) is 0 Å². The van der Waals surface area contributed by atoms with Crippen LogP contribution in [0.15, 0.2) is 12.2 Å². The summed E-state index contributed by atoms with van der Waals surface area (Å²) in [5, 5.41) is 13.9. The van der Waals surface area contributed by atoms with E-state index in [4.69, 9.17) is 9.05 Å². The molecular weight excluding hydrogens is 840 g/mol. The fourth-order valence-corrected chi connectivity index (χ4v) is 9.64. The molecule has 0 aliphatic heterocycles. The average molecular weight is 956 g/mol. The first kappa shape index (κ1) is 65.2. The molecule has 0 aromatic rings. The largest absolute Gasteiger partial charge is 0.756 e. The van der Waals surface area contributed by atoms with Crippen molar-refractivity contribution in [1.29, 1.82) is 0 Å². The first-order valence-electron chi connectivity index (χ1n) is 29.1. The van der Waals surface area contributed by atoms with Crippen LogP contribution < -0.4 is 10.2 Å². The van der Waals surface area contributed by atoms with E-state index < -0.39 is 20.0 Å². The second-order valence-corrected chi connectivity index (χ2v) is 22.8. The van der Waals surface area contributed by atoms with Crippen LogP contribution in [0.2, 0.25) is 0 Å². The highest BCUT2D eigenvalue weighted by molar-refractivity contribution is 7.45. The number of likely N-dealkylation sites (N-methyl/N-ethyl adjacent to an activating group) is 1. The van der Waals surface area contributed by atoms with Crippen molar-refractivity contribution in [3.05, 3.63) is 12.2 Å². The molecule has 2 N–H and O–H groups in total. The second-order valence-electron chi connectivity index (χ2n) is 21.4. The Morgan fingerprint density at radius 1 is 0.515 bits per heavy atom. The van der Waals surface area contributed by atoms with Gasteiger partial charge >= 0.3 is 0 Å². The van der Waals surface area contributed by atoms with Gasteiger partial charge in [-0.3, -0.25) is 9.36 Å². The SMILES string of the molecule is CCCCCCCCCCCCCCCCCCCCCCCCCCCCC/C=C/C(O)C(COP(=O)([O-])OCC[N+](C)(C)C)NC(=O)CCCCCCCCCCCCCCCCC. The number of phosphoric acid groups is 1. The third-order valence-corrected chi connectivity index (χ3v) is 14.5. The molecule has 0 bridgehead atoms. The van der Waals surface area contributed by atoms with Crippen molar-refractivity contribution in [2.45, 2.75) is 309 Å². The molecule has 394 valence electrons. The topological polar surface area (TPSA) is 108 Å². The zero-order valence-electron chi connectivity index (χ0n) is 44.9. The minimum absolute atomic E-state index is 0.00258. The summed E-state index contributed by atoms with van der Waals surface area (Å²) < 4.78 is 23.3. The number of unbranched alkanes of at least 4 members (excludes halogenated alkanes) is 41. The first-order chi connectivity index (χ1) is 32.0. The smallest absolute Gasteiger partial charge is 0.268 e. The van der Waals surface area contributed by atoms with Gasteiger partial charge in [-0.2, -0.15) is 0 Å². The zero-order chi connectivity index (χ0) is 48.5. The van der Waals surface area contributed by atoms with Gasteiger partial charge in [0.05, 0.1) is 39.9 Å². The van der Waals surface area contributed by atoms with E-state index in [1.807, 2.05) is 27.2 Å². The minimum Gasteiger partial charge on any atom is -0.756 e. The van der Waals surface area contributed by atoms with E-state index in [9.17, 15) is 19.4 Å². The fraction of sp³-hybridized carbons (Fsp3) is 0.947. The maximum absolute atomic E-state index is 12.9. The van der Waals surface area contributed by atoms with Crippen molar-refractivity contribution in [1.82, 2.24) is 5.32 Å². The maximum Gasteiger partial charge on any atom is 0.268 e. The molecule has 0 aliphatic carbocycles. The summed E-state index contributed by atoms with van der Waals surface area (Å²) in [5.74, 6) is -0.192. The van der Waals surface area contributed by atoms with Gasteiger partial charge in [0.25, 0.3) is 7.82 Å². The molecule has 0 spiro atoms. The second kappa shape index (κ2) is 49.2. The van der Waals surface area contributed by atoms with Crippen LogP contribution in [0.25, 0.3) is 0 Å². The number of carbonyl (C=O) groups excluding carboxylic acids is 1. The van der Waals surface area contributed by atoms with E-state index in [0.29, 0.717) is 17.4 Å². The van der Waals surface area contributed by atoms with Gasteiger partial charge < -0.3 is 28.8 Å². The number of rotatable bonds is 54. The summed E-state index contributed by atoms with van der Waals surface area (Å²) in [7, 11) is 1.28. The highest BCUT2D eigenvalue weighted by Crippen LogP contribution is 2.38. The molecule has 8 nitrogen and oxygen atoms in total. The first-order valence-corrected chi connectivity index (χ1v) is 30.5. The molecule has 0 aliphatic rings. The van der Waals surface area contributed by atoms with Crippen LogP contribution >= 0.6 is 7.82 Å². The molecule has 9 heteroatoms. The lowest BCUT2D eigenvalue weighted by Gasteiger charge is -2.29. The number of hydrogen-bond acceptors (Lipinski definition) is 6. The van der Waals surface area contributed by atoms with E-state index in [0.717, 1.165) is 38.5 Å². The number of allylic oxidation sites excluding steroid dienone is 1. The van der Waals surface area contributed by atoms with Crippen molar-refractivity contribution in [2.75, 3.05) is 40.9 Å². The standard InChI is InChI=1S/C57H115N2O6P/c1-6-8-10-12-14-16-18-20-22-23-24-25-26-27-28-29-30-31-32-33-34-35-37-38-40-42-44-46-48-50-56(60)55(54-65-66(62,63)64-53-52-59(3,4)5)58-57(61)51-49-47-45-43-41-39-36-21-19-17-15-13-11-9-7-2/h48,50,55-56,60H,6-47,49,51-54H2,1-5H3,(H-,58,61,62,63)/b50-48+. The van der Waals surface area contributed by atoms with Crippen molar-refractivity contribution in [3.63, 3.8) is 0 Å². The Morgan fingerprint density at radius 2 is 0.818 bits per heavy atom. The lowest BCUT2D eigenvalue weighted by atomic mass is 10.0. The number of nitrogens with zero attached hydrogens (tertiary/aromatic N) is 1. The Labute approximate surface area is 412 Å². The van der Waals surface area contributed by atoms with Crippen molar-refractivity contribution < 1.29 is 32.9 Å². The molecule has 0 saturated carbocycles. The molecule has 0 aromatic carbocycles. The highest BCUT2D eigenvalue weighted by atomic mass is 31.2. The molecule has 0 fully saturated rings. The van der Waals surface area contributed by atoms with Gasteiger partial charge in [-0.1, -0.05) is 283 Å². The van der Waals surface area contributed by atoms with Gasteiger partial charge in [0, 0.05) is 6.42 Å². The highest BCUT2D eigenvalue weighted by Gasteiger charge is 2.23. The molecule has 0 heterocycles. The van der Waals surface area contributed by atoms with Crippen LogP contribution in [0.1, 0.15) is 296 Å². The Morgan fingerprint density at radius 3 is 1.14 bits per heavy atom. The predicted molar refractivity (Wildman–Crippen MR) is 284 cm³/mol. The summed E-state index contributed by atoms with van der Waals surface area (Å²) in [6, 6.07) is -0.881. The van der Waals surface area contributed by atoms with E-state index in [2.05, 4.69) is 19.2 Å². The summed E-state index contributed by atoms with van der Waals surface area (Å²) in [4.78, 5) is 25.4. The molecule has 1 amide bonds. The minimum atomic E-state index is -4.59. The van der Waals surface area contributed by atoms with Gasteiger partial charge in [-0.25, -0.2) is 0 Å². The van der Waals surface area contributed by atoms with E-state index in [1.165, 1.54) is 238 Å². The van der Waals surface area contributed by atoms with Crippen LogP contribution in [0.3, 0.4) is 0 Å². The molecule has 0 aromatic heterocycles. The van der Waals surface area contributed by atoms with Crippen molar-refractivity contribution in [3.8, 4) is 0 Å². The number of carbonyl (C=O) groups is 1. The summed E-state index contributed by atoms with van der Waals surface area (Å²) in [6.07, 6.45) is 60.1. The zero-order valence-corrected chi connectivity index (χ0v) is 45.8. The fourth-order valence-electron chi connectivity index (χ4n) is 8.92. The summed E-state index contributed by atoms with van der Waals surface area (Å²) in [5.41, 5.74) is 0. The van der Waals surface area contributed by atoms with Crippen LogP contribution in [0.4, 0.5) is 0 Å². The van der Waals surface area contributed by atoms with Crippen molar-refractivity contribution >= 4 is 13.7 Å². The van der Waals surface area contributed by atoms with Crippen LogP contribution in [-0.2, 0) is 18.4 Å². The summed E-state index contributed by atoms with van der Waals surface area (Å²) in [6.45, 7) is 4.69. The number of aliphatic hydroxyl groups excluding tert-OH is 1. The molecule has 3 atom stereocenters. The maximum atomic E-state index is 12.9. The Hall–Kier alpha value is -0.760. The number of quaternary nitrogens is 1. The number of phosphoric ester groups is 1. The number of amides is 1. The van der Waals surface area contributed by atoms with E-state index in [1.54, 1.807) is 6.08 Å². The monoisotopic (exact) mass is 955 g/mol. The quantitative estimate of drug-likeness (QED) is 0.0272. The van der Waals surface area contributed by atoms with Gasteiger partial charge in [-0.05, 0) is 19.3 Å². The third-order valence-electron chi connectivity index (χ3n) is 13.5. The van der Waals surface area contributed by atoms with Gasteiger partial charge in [0.2, 0.25) is 5.91 Å².